The number of nitrogens with zero attached hydrogens (tertiary/aromatic N) is 2. The van der Waals surface area contributed by atoms with Crippen LogP contribution in [0.3, 0.4) is 0 Å². The summed E-state index contributed by atoms with van der Waals surface area (Å²) in [5.41, 5.74) is 6.78. The molecule has 1 aromatic rings. The number of hydrogen-bond donors (Lipinski definition) is 2. The monoisotopic (exact) mass is 226 g/mol. The zero-order valence-electron chi connectivity index (χ0n) is 9.29. The van der Waals surface area contributed by atoms with Crippen molar-refractivity contribution in [1.29, 1.82) is 0 Å². The first-order valence-corrected chi connectivity index (χ1v) is 6.11. The molecule has 15 heavy (non-hydrogen) atoms. The average molecular weight is 226 g/mol. The Hall–Kier alpha value is -0.810. The summed E-state index contributed by atoms with van der Waals surface area (Å²) in [4.78, 5) is 2.41. The van der Waals surface area contributed by atoms with Crippen LogP contribution in [0.1, 0.15) is 18.4 Å². The predicted octanol–water partition coefficient (Wildman–Crippen LogP) is 1.54. The lowest BCUT2D eigenvalue weighted by molar-refractivity contribution is 0.322. The molecule has 0 spiro atoms. The van der Waals surface area contributed by atoms with E-state index in [1.807, 2.05) is 6.92 Å². The van der Waals surface area contributed by atoms with Crippen LogP contribution in [0.15, 0.2) is 0 Å². The summed E-state index contributed by atoms with van der Waals surface area (Å²) < 4.78 is 4.12. The van der Waals surface area contributed by atoms with Crippen LogP contribution >= 0.6 is 11.5 Å². The van der Waals surface area contributed by atoms with Gasteiger partial charge >= 0.3 is 0 Å². The van der Waals surface area contributed by atoms with Gasteiger partial charge in [0.2, 0.25) is 0 Å². The number of anilines is 2. The van der Waals surface area contributed by atoms with Gasteiger partial charge in [0.05, 0.1) is 0 Å². The number of nitrogens with one attached hydrogen (secondary N) is 1. The molecule has 84 valence electrons. The van der Waals surface area contributed by atoms with Crippen molar-refractivity contribution in [2.75, 3.05) is 31.2 Å². The number of likely N-dealkylation sites (N-methyl/N-ethyl adjacent to an activating group) is 1. The molecular weight excluding hydrogens is 208 g/mol. The van der Waals surface area contributed by atoms with E-state index in [0.29, 0.717) is 11.9 Å². The Labute approximate surface area is 94.6 Å². The van der Waals surface area contributed by atoms with E-state index in [4.69, 9.17) is 5.73 Å². The third kappa shape index (κ3) is 2.23. The highest BCUT2D eigenvalue weighted by molar-refractivity contribution is 7.10. The van der Waals surface area contributed by atoms with Crippen molar-refractivity contribution in [2.24, 2.45) is 0 Å². The summed E-state index contributed by atoms with van der Waals surface area (Å²) >= 11 is 1.46. The summed E-state index contributed by atoms with van der Waals surface area (Å²) in [5.74, 6) is 0.655. The molecule has 0 saturated carbocycles. The van der Waals surface area contributed by atoms with Crippen LogP contribution in [0.2, 0.25) is 0 Å². The standard InChI is InChI=1S/C10H18N4S/c1-7-9(11)13-15-10(7)12-6-8-4-3-5-14(8)2/h8,12H,3-6H2,1-2H3,(H2,11,13). The smallest absolute Gasteiger partial charge is 0.142 e. The van der Waals surface area contributed by atoms with E-state index in [1.165, 1.54) is 30.9 Å². The number of rotatable bonds is 3. The lowest BCUT2D eigenvalue weighted by Crippen LogP contribution is -2.31. The molecule has 0 amide bonds. The molecule has 1 unspecified atom stereocenters. The van der Waals surface area contributed by atoms with Gasteiger partial charge in [-0.15, -0.1) is 0 Å². The van der Waals surface area contributed by atoms with Crippen molar-refractivity contribution >= 4 is 22.4 Å². The van der Waals surface area contributed by atoms with Gasteiger partial charge in [0.25, 0.3) is 0 Å². The molecule has 1 atom stereocenters. The van der Waals surface area contributed by atoms with E-state index in [2.05, 4.69) is 21.6 Å². The van der Waals surface area contributed by atoms with Gasteiger partial charge in [-0.2, -0.15) is 4.37 Å². The molecule has 1 fully saturated rings. The fraction of sp³-hybridized carbons (Fsp3) is 0.700. The highest BCUT2D eigenvalue weighted by Crippen LogP contribution is 2.26. The molecule has 0 aliphatic carbocycles. The van der Waals surface area contributed by atoms with Gasteiger partial charge in [-0.1, -0.05) is 0 Å². The third-order valence-electron chi connectivity index (χ3n) is 3.13. The zero-order chi connectivity index (χ0) is 10.8. The number of likely N-dealkylation sites (tertiary alicyclic amines) is 1. The number of aromatic nitrogens is 1. The van der Waals surface area contributed by atoms with Gasteiger partial charge in [-0.05, 0) is 44.9 Å². The Morgan fingerprint density at radius 3 is 3.00 bits per heavy atom. The highest BCUT2D eigenvalue weighted by Gasteiger charge is 2.20. The number of nitrogens with two attached hydrogens (primary N) is 1. The molecule has 1 aromatic heterocycles. The van der Waals surface area contributed by atoms with Gasteiger partial charge < -0.3 is 16.0 Å². The molecule has 3 N–H and O–H groups in total. The first-order valence-electron chi connectivity index (χ1n) is 5.34. The second kappa shape index (κ2) is 4.37. The fourth-order valence-corrected chi connectivity index (χ4v) is 2.68. The van der Waals surface area contributed by atoms with Gasteiger partial charge in [-0.25, -0.2) is 0 Å². The lowest BCUT2D eigenvalue weighted by atomic mass is 10.2. The van der Waals surface area contributed by atoms with Crippen LogP contribution in [-0.4, -0.2) is 35.5 Å². The molecule has 4 nitrogen and oxygen atoms in total. The molecule has 0 bridgehead atoms. The van der Waals surface area contributed by atoms with Crippen molar-refractivity contribution in [3.8, 4) is 0 Å². The third-order valence-corrected chi connectivity index (χ3v) is 4.05. The van der Waals surface area contributed by atoms with Gasteiger partial charge in [-0.3, -0.25) is 0 Å². The first-order chi connectivity index (χ1) is 7.18. The molecule has 0 aromatic carbocycles. The second-order valence-corrected chi connectivity index (χ2v) is 4.95. The molecule has 0 radical (unpaired) electrons. The predicted molar refractivity (Wildman–Crippen MR) is 65.4 cm³/mol. The van der Waals surface area contributed by atoms with Crippen LogP contribution in [0.4, 0.5) is 10.8 Å². The van der Waals surface area contributed by atoms with Crippen molar-refractivity contribution in [3.63, 3.8) is 0 Å². The second-order valence-electron chi connectivity index (χ2n) is 4.18. The topological polar surface area (TPSA) is 54.2 Å². The maximum Gasteiger partial charge on any atom is 0.142 e. The summed E-state index contributed by atoms with van der Waals surface area (Å²) in [5, 5.41) is 4.56. The van der Waals surface area contributed by atoms with Gasteiger partial charge in [0, 0.05) is 18.2 Å². The maximum atomic E-state index is 5.70. The fourth-order valence-electron chi connectivity index (χ4n) is 1.96. The largest absolute Gasteiger partial charge is 0.383 e. The molecule has 2 heterocycles. The Balaban J connectivity index is 1.90. The van der Waals surface area contributed by atoms with Crippen LogP contribution in [0.5, 0.6) is 0 Å². The van der Waals surface area contributed by atoms with E-state index in [1.54, 1.807) is 0 Å². The first kappa shape index (κ1) is 10.7. The normalized spacial score (nSPS) is 22.1. The van der Waals surface area contributed by atoms with E-state index in [0.717, 1.165) is 17.1 Å². The summed E-state index contributed by atoms with van der Waals surface area (Å²) in [7, 11) is 2.19. The van der Waals surface area contributed by atoms with Crippen molar-refractivity contribution < 1.29 is 0 Å². The van der Waals surface area contributed by atoms with Crippen LogP contribution < -0.4 is 11.1 Å². The summed E-state index contributed by atoms with van der Waals surface area (Å²) in [6.07, 6.45) is 2.60. The molecule has 2 rings (SSSR count). The minimum Gasteiger partial charge on any atom is -0.383 e. The molecular formula is C10H18N4S. The highest BCUT2D eigenvalue weighted by atomic mass is 32.1. The molecule has 1 aliphatic heterocycles. The Kier molecular flexibility index (Phi) is 3.11. The van der Waals surface area contributed by atoms with E-state index in [9.17, 15) is 0 Å². The Bertz CT molecular complexity index is 336. The van der Waals surface area contributed by atoms with Gasteiger partial charge in [0.1, 0.15) is 10.8 Å². The Morgan fingerprint density at radius 1 is 1.67 bits per heavy atom. The quantitative estimate of drug-likeness (QED) is 0.821. The number of hydrogen-bond acceptors (Lipinski definition) is 5. The van der Waals surface area contributed by atoms with Crippen LogP contribution in [0.25, 0.3) is 0 Å². The maximum absolute atomic E-state index is 5.70. The van der Waals surface area contributed by atoms with Crippen LogP contribution in [0, 0.1) is 6.92 Å². The average Bonchev–Trinajstić information content (AvgIpc) is 2.74. The summed E-state index contributed by atoms with van der Waals surface area (Å²) in [6, 6.07) is 0.660. The van der Waals surface area contributed by atoms with Gasteiger partial charge in [0.15, 0.2) is 0 Å². The van der Waals surface area contributed by atoms with Crippen molar-refractivity contribution in [3.05, 3.63) is 5.56 Å². The Morgan fingerprint density at radius 2 is 2.47 bits per heavy atom. The number of nitrogen functional groups attached to an aromatic ring is 1. The van der Waals surface area contributed by atoms with E-state index < -0.39 is 0 Å². The van der Waals surface area contributed by atoms with Crippen molar-refractivity contribution in [1.82, 2.24) is 9.27 Å². The lowest BCUT2D eigenvalue weighted by Gasteiger charge is -2.19. The minimum atomic E-state index is 0.655. The molecule has 1 saturated heterocycles. The molecule has 5 heteroatoms. The molecule has 1 aliphatic rings. The minimum absolute atomic E-state index is 0.655. The van der Waals surface area contributed by atoms with E-state index in [-0.39, 0.29) is 0 Å². The SMILES string of the molecule is Cc1c(N)nsc1NCC1CCCN1C. The zero-order valence-corrected chi connectivity index (χ0v) is 10.1. The van der Waals surface area contributed by atoms with E-state index >= 15 is 0 Å². The van der Waals surface area contributed by atoms with Crippen LogP contribution in [-0.2, 0) is 0 Å². The summed E-state index contributed by atoms with van der Waals surface area (Å²) in [6.45, 7) is 4.23. The van der Waals surface area contributed by atoms with Crippen molar-refractivity contribution in [2.45, 2.75) is 25.8 Å².